The Labute approximate surface area is 120 Å². The Balaban J connectivity index is 1.88. The van der Waals surface area contributed by atoms with Crippen LogP contribution in [0.15, 0.2) is 24.3 Å². The molecule has 0 spiro atoms. The van der Waals surface area contributed by atoms with Gasteiger partial charge in [0, 0.05) is 17.5 Å². The van der Waals surface area contributed by atoms with Gasteiger partial charge in [0.25, 0.3) is 0 Å². The lowest BCUT2D eigenvalue weighted by Crippen LogP contribution is -2.23. The number of hydrogen-bond donors (Lipinski definition) is 1. The molecule has 0 saturated carbocycles. The van der Waals surface area contributed by atoms with Crippen LogP contribution in [0.25, 0.3) is 0 Å². The van der Waals surface area contributed by atoms with E-state index in [0.717, 1.165) is 43.2 Å². The van der Waals surface area contributed by atoms with E-state index in [1.807, 2.05) is 12.1 Å². The van der Waals surface area contributed by atoms with Crippen molar-refractivity contribution in [3.8, 4) is 5.75 Å². The van der Waals surface area contributed by atoms with Crippen molar-refractivity contribution in [2.45, 2.75) is 39.2 Å². The van der Waals surface area contributed by atoms with Crippen molar-refractivity contribution in [1.82, 2.24) is 5.32 Å². The van der Waals surface area contributed by atoms with Crippen LogP contribution in [0.2, 0.25) is 5.02 Å². The van der Waals surface area contributed by atoms with E-state index < -0.39 is 0 Å². The van der Waals surface area contributed by atoms with Crippen LogP contribution in [0.4, 0.5) is 0 Å². The zero-order chi connectivity index (χ0) is 13.7. The van der Waals surface area contributed by atoms with Crippen molar-refractivity contribution < 1.29 is 4.74 Å². The minimum atomic E-state index is 0.554. The molecule has 0 bridgehead atoms. The highest BCUT2D eigenvalue weighted by Gasteiger charge is 2.16. The molecule has 2 rings (SSSR count). The average molecular weight is 280 g/mol. The summed E-state index contributed by atoms with van der Waals surface area (Å²) in [6, 6.07) is 4.59. The molecule has 1 aliphatic heterocycles. The summed E-state index contributed by atoms with van der Waals surface area (Å²) in [5.74, 6) is 1.05. The van der Waals surface area contributed by atoms with Crippen molar-refractivity contribution in [3.05, 3.63) is 40.4 Å². The first-order valence-corrected chi connectivity index (χ1v) is 7.37. The number of nitrogens with one attached hydrogen (secondary N) is 1. The third kappa shape index (κ3) is 4.26. The zero-order valence-corrected chi connectivity index (χ0v) is 12.5. The van der Waals surface area contributed by atoms with E-state index in [1.165, 1.54) is 11.1 Å². The molecule has 1 aromatic rings. The van der Waals surface area contributed by atoms with Crippen molar-refractivity contribution in [2.24, 2.45) is 0 Å². The third-order valence-corrected chi connectivity index (χ3v) is 3.41. The Bertz CT molecular complexity index is 454. The molecule has 104 valence electrons. The first-order chi connectivity index (χ1) is 9.16. The van der Waals surface area contributed by atoms with E-state index in [2.05, 4.69) is 31.3 Å². The summed E-state index contributed by atoms with van der Waals surface area (Å²) in [7, 11) is 0. The molecule has 0 atom stereocenters. The lowest BCUT2D eigenvalue weighted by Gasteiger charge is -2.07. The molecule has 2 nitrogen and oxygen atoms in total. The summed E-state index contributed by atoms with van der Waals surface area (Å²) < 4.78 is 5.69. The predicted molar refractivity (Wildman–Crippen MR) is 81.3 cm³/mol. The lowest BCUT2D eigenvalue weighted by atomic mass is 10.1. The van der Waals surface area contributed by atoms with Crippen LogP contribution in [-0.4, -0.2) is 19.2 Å². The molecule has 0 aromatic heterocycles. The molecule has 0 unspecified atom stereocenters. The van der Waals surface area contributed by atoms with Gasteiger partial charge in [-0.1, -0.05) is 37.6 Å². The van der Waals surface area contributed by atoms with Crippen molar-refractivity contribution in [3.63, 3.8) is 0 Å². The first-order valence-electron chi connectivity index (χ1n) is 6.99. The summed E-state index contributed by atoms with van der Waals surface area (Å²) in [6.45, 7) is 6.13. The molecule has 1 N–H and O–H groups in total. The van der Waals surface area contributed by atoms with Gasteiger partial charge in [0.1, 0.15) is 5.75 Å². The molecule has 1 heterocycles. The lowest BCUT2D eigenvalue weighted by molar-refractivity contribution is 0.354. The van der Waals surface area contributed by atoms with E-state index in [0.29, 0.717) is 6.04 Å². The Kier molecular flexibility index (Phi) is 5.29. The Morgan fingerprint density at radius 2 is 2.21 bits per heavy atom. The molecule has 1 aliphatic rings. The van der Waals surface area contributed by atoms with Crippen LogP contribution in [0.1, 0.15) is 31.4 Å². The fraction of sp³-hybridized carbons (Fsp3) is 0.500. The summed E-state index contributed by atoms with van der Waals surface area (Å²) in [4.78, 5) is 0. The molecular formula is C16H22ClNO. The van der Waals surface area contributed by atoms with E-state index in [4.69, 9.17) is 16.3 Å². The van der Waals surface area contributed by atoms with Gasteiger partial charge in [-0.2, -0.15) is 0 Å². The Morgan fingerprint density at radius 1 is 1.37 bits per heavy atom. The zero-order valence-electron chi connectivity index (χ0n) is 11.7. The van der Waals surface area contributed by atoms with E-state index in [-0.39, 0.29) is 0 Å². The molecule has 0 amide bonds. The number of allylic oxidation sites excluding steroid dienone is 1. The van der Waals surface area contributed by atoms with Crippen molar-refractivity contribution in [2.75, 3.05) is 13.2 Å². The van der Waals surface area contributed by atoms with Gasteiger partial charge in [0.05, 0.1) is 6.61 Å². The molecule has 0 saturated heterocycles. The average Bonchev–Trinajstić information content (AvgIpc) is 2.80. The second-order valence-electron chi connectivity index (χ2n) is 5.22. The highest BCUT2D eigenvalue weighted by atomic mass is 35.5. The minimum absolute atomic E-state index is 0.554. The normalized spacial score (nSPS) is 14.1. The monoisotopic (exact) mass is 279 g/mol. The highest BCUT2D eigenvalue weighted by Crippen LogP contribution is 2.33. The van der Waals surface area contributed by atoms with Crippen LogP contribution < -0.4 is 10.1 Å². The maximum Gasteiger partial charge on any atom is 0.126 e. The topological polar surface area (TPSA) is 21.3 Å². The second kappa shape index (κ2) is 6.97. The second-order valence-corrected chi connectivity index (χ2v) is 5.66. The van der Waals surface area contributed by atoms with Gasteiger partial charge in [0.2, 0.25) is 0 Å². The fourth-order valence-corrected chi connectivity index (χ4v) is 2.54. The van der Waals surface area contributed by atoms with Gasteiger partial charge in [-0.3, -0.25) is 0 Å². The number of ether oxygens (including phenoxy) is 1. The Hall–Kier alpha value is -0.990. The van der Waals surface area contributed by atoms with Crippen LogP contribution in [-0.2, 0) is 12.8 Å². The summed E-state index contributed by atoms with van der Waals surface area (Å²) >= 11 is 6.14. The summed E-state index contributed by atoms with van der Waals surface area (Å²) in [5.41, 5.74) is 2.45. The van der Waals surface area contributed by atoms with Crippen molar-refractivity contribution >= 4 is 11.6 Å². The van der Waals surface area contributed by atoms with E-state index >= 15 is 0 Å². The molecule has 0 radical (unpaired) electrons. The summed E-state index contributed by atoms with van der Waals surface area (Å²) in [6.07, 6.45) is 7.35. The van der Waals surface area contributed by atoms with Crippen LogP contribution in [0, 0.1) is 0 Å². The van der Waals surface area contributed by atoms with Gasteiger partial charge in [-0.05, 0) is 42.6 Å². The Morgan fingerprint density at radius 3 is 3.00 bits per heavy atom. The quantitative estimate of drug-likeness (QED) is 0.632. The standard InChI is InChI=1S/C16H22ClNO/c1-12(2)18-8-5-3-4-6-13-10-15(17)11-14-7-9-19-16(13)14/h3-4,10-12,18H,5-9H2,1-2H3/b4-3+. The molecule has 1 aromatic carbocycles. The van der Waals surface area contributed by atoms with Crippen LogP contribution >= 0.6 is 11.6 Å². The van der Waals surface area contributed by atoms with Gasteiger partial charge in [-0.15, -0.1) is 0 Å². The molecule has 0 fully saturated rings. The van der Waals surface area contributed by atoms with Crippen molar-refractivity contribution in [1.29, 1.82) is 0 Å². The summed E-state index contributed by atoms with van der Waals surface area (Å²) in [5, 5.41) is 4.21. The minimum Gasteiger partial charge on any atom is -0.493 e. The van der Waals surface area contributed by atoms with Gasteiger partial charge >= 0.3 is 0 Å². The maximum atomic E-state index is 6.14. The van der Waals surface area contributed by atoms with Gasteiger partial charge < -0.3 is 10.1 Å². The van der Waals surface area contributed by atoms with E-state index in [1.54, 1.807) is 0 Å². The maximum absolute atomic E-state index is 6.14. The molecular weight excluding hydrogens is 258 g/mol. The largest absolute Gasteiger partial charge is 0.493 e. The first kappa shape index (κ1) is 14.4. The molecule has 19 heavy (non-hydrogen) atoms. The van der Waals surface area contributed by atoms with Crippen LogP contribution in [0.3, 0.4) is 0 Å². The van der Waals surface area contributed by atoms with E-state index in [9.17, 15) is 0 Å². The third-order valence-electron chi connectivity index (χ3n) is 3.19. The number of rotatable bonds is 6. The number of halogens is 1. The van der Waals surface area contributed by atoms with Gasteiger partial charge in [-0.25, -0.2) is 0 Å². The SMILES string of the molecule is CC(C)NCC/C=C/Cc1cc(Cl)cc2c1OCC2. The number of fused-ring (bicyclic) bond motifs is 1. The molecule has 3 heteroatoms. The smallest absolute Gasteiger partial charge is 0.126 e. The molecule has 0 aliphatic carbocycles. The number of benzene rings is 1. The number of hydrogen-bond acceptors (Lipinski definition) is 2. The highest BCUT2D eigenvalue weighted by molar-refractivity contribution is 6.30. The van der Waals surface area contributed by atoms with Crippen LogP contribution in [0.5, 0.6) is 5.75 Å². The van der Waals surface area contributed by atoms with Gasteiger partial charge in [0.15, 0.2) is 0 Å². The predicted octanol–water partition coefficient (Wildman–Crippen LogP) is 3.76. The fourth-order valence-electron chi connectivity index (χ4n) is 2.28.